The maximum absolute atomic E-state index is 12.9. The number of nitrogens with one attached hydrogen (secondary N) is 1. The van der Waals surface area contributed by atoms with Gasteiger partial charge in [-0.1, -0.05) is 0 Å². The highest BCUT2D eigenvalue weighted by Crippen LogP contribution is 2.30. The number of hydrogen-bond donors (Lipinski definition) is 4. The van der Waals surface area contributed by atoms with Crippen molar-refractivity contribution in [3.05, 3.63) is 22.7 Å². The van der Waals surface area contributed by atoms with Gasteiger partial charge in [-0.05, 0) is 19.9 Å². The number of rotatable bonds is 13. The predicted molar refractivity (Wildman–Crippen MR) is 108 cm³/mol. The van der Waals surface area contributed by atoms with E-state index < -0.39 is 48.2 Å². The lowest BCUT2D eigenvalue weighted by Crippen LogP contribution is -2.46. The summed E-state index contributed by atoms with van der Waals surface area (Å²) in [6.45, 7) is 3.91. The van der Waals surface area contributed by atoms with Gasteiger partial charge in [0.05, 0.1) is 19.8 Å². The van der Waals surface area contributed by atoms with Gasteiger partial charge in [0, 0.05) is 26.5 Å². The molecule has 0 spiro atoms. The van der Waals surface area contributed by atoms with Gasteiger partial charge < -0.3 is 33.9 Å². The van der Waals surface area contributed by atoms with Crippen LogP contribution in [0.4, 0.5) is 5.82 Å². The van der Waals surface area contributed by atoms with Gasteiger partial charge in [0.2, 0.25) is 0 Å². The zero-order valence-electron chi connectivity index (χ0n) is 18.3. The van der Waals surface area contributed by atoms with E-state index in [-0.39, 0.29) is 25.6 Å². The predicted octanol–water partition coefficient (Wildman–Crippen LogP) is -1.09. The fourth-order valence-electron chi connectivity index (χ4n) is 3.25. The average molecular weight is 461 g/mol. The molecule has 1 aromatic rings. The first kappa shape index (κ1) is 26.1. The van der Waals surface area contributed by atoms with Crippen LogP contribution in [0.1, 0.15) is 20.1 Å². The monoisotopic (exact) mass is 461 g/mol. The number of aliphatic hydroxyl groups excluding tert-OH is 2. The van der Waals surface area contributed by atoms with E-state index in [1.807, 2.05) is 0 Å². The molecule has 4 atom stereocenters. The van der Waals surface area contributed by atoms with Gasteiger partial charge in [0.25, 0.3) is 0 Å². The van der Waals surface area contributed by atoms with Crippen LogP contribution in [0.3, 0.4) is 0 Å². The van der Waals surface area contributed by atoms with E-state index in [0.29, 0.717) is 13.2 Å². The Morgan fingerprint density at radius 3 is 2.41 bits per heavy atom. The van der Waals surface area contributed by atoms with Crippen molar-refractivity contribution in [2.75, 3.05) is 52.2 Å². The van der Waals surface area contributed by atoms with Crippen LogP contribution >= 0.6 is 0 Å². The number of aliphatic hydroxyl groups is 2. The number of nitrogens with zero attached hydrogens (tertiary/aromatic N) is 2. The normalized spacial score (nSPS) is 23.3. The van der Waals surface area contributed by atoms with Gasteiger partial charge in [-0.2, -0.15) is 4.98 Å². The number of aromatic nitrogens is 2. The largest absolute Gasteiger partial charge is 0.462 e. The van der Waals surface area contributed by atoms with Crippen LogP contribution in [0.15, 0.2) is 17.1 Å². The summed E-state index contributed by atoms with van der Waals surface area (Å²) in [6, 6.07) is 1.28. The van der Waals surface area contributed by atoms with E-state index in [1.54, 1.807) is 19.3 Å². The van der Waals surface area contributed by atoms with Gasteiger partial charge in [-0.25, -0.2) is 4.79 Å². The van der Waals surface area contributed by atoms with Crippen LogP contribution < -0.4 is 11.2 Å². The summed E-state index contributed by atoms with van der Waals surface area (Å²) in [5, 5.41) is 29.5. The van der Waals surface area contributed by atoms with Crippen LogP contribution in [0.25, 0.3) is 0 Å². The molecule has 13 heteroatoms. The highest BCUT2D eigenvalue weighted by atomic mass is 16.6. The minimum atomic E-state index is -1.48. The number of hydrogen-bond acceptors (Lipinski definition) is 12. The molecule has 32 heavy (non-hydrogen) atoms. The van der Waals surface area contributed by atoms with Gasteiger partial charge in [-0.3, -0.25) is 20.0 Å². The van der Waals surface area contributed by atoms with Crippen molar-refractivity contribution in [3.63, 3.8) is 0 Å². The Kier molecular flexibility index (Phi) is 9.96. The summed E-state index contributed by atoms with van der Waals surface area (Å²) in [5.41, 5.74) is -0.319. The third-order valence-corrected chi connectivity index (χ3v) is 4.95. The van der Waals surface area contributed by atoms with Crippen molar-refractivity contribution in [1.29, 1.82) is 0 Å². The second-order valence-corrected chi connectivity index (χ2v) is 7.25. The van der Waals surface area contributed by atoms with E-state index in [2.05, 4.69) is 4.98 Å². The Bertz CT molecular complexity index is 781. The lowest BCUT2D eigenvalue weighted by Gasteiger charge is -2.30. The number of esters is 1. The minimum Gasteiger partial charge on any atom is -0.462 e. The van der Waals surface area contributed by atoms with Crippen LogP contribution in [0.2, 0.25) is 0 Å². The van der Waals surface area contributed by atoms with Gasteiger partial charge >= 0.3 is 11.7 Å². The maximum atomic E-state index is 12.9. The number of anilines is 1. The Morgan fingerprint density at radius 2 is 1.88 bits per heavy atom. The van der Waals surface area contributed by atoms with Crippen LogP contribution in [-0.2, 0) is 28.5 Å². The molecule has 0 amide bonds. The molecule has 0 aromatic carbocycles. The average Bonchev–Trinajstić information content (AvgIpc) is 3.07. The molecular formula is C19H31N3O10. The third-order valence-electron chi connectivity index (χ3n) is 4.95. The van der Waals surface area contributed by atoms with Crippen molar-refractivity contribution in [2.24, 2.45) is 5.41 Å². The topological polar surface area (TPSA) is 171 Å². The second-order valence-electron chi connectivity index (χ2n) is 7.25. The molecule has 2 heterocycles. The molecule has 2 rings (SSSR count). The van der Waals surface area contributed by atoms with Crippen molar-refractivity contribution in [3.8, 4) is 0 Å². The molecule has 0 aliphatic carbocycles. The molecule has 1 fully saturated rings. The standard InChI is InChI=1S/C19H31N3O10/c1-4-29-10-19(9-28-3,11-30-5-2)17(25)31-8-12-14(23)15(24)16(32-12)22-7-6-13(21-27)20-18(22)26/h6-7,12,14-16,23-24,27H,4-5,8-11H2,1-3H3,(H,20,21,26)/t12-,14-,15-,16-/m1/s1. The van der Waals surface area contributed by atoms with Crippen molar-refractivity contribution in [2.45, 2.75) is 38.4 Å². The molecular weight excluding hydrogens is 430 g/mol. The molecule has 1 aliphatic heterocycles. The lowest BCUT2D eigenvalue weighted by atomic mass is 9.91. The minimum absolute atomic E-state index is 0.00179. The quantitative estimate of drug-likeness (QED) is 0.207. The molecule has 182 valence electrons. The van der Waals surface area contributed by atoms with Crippen LogP contribution in [-0.4, -0.2) is 96.0 Å². The van der Waals surface area contributed by atoms with E-state index in [0.717, 1.165) is 4.57 Å². The Hall–Kier alpha value is -2.13. The summed E-state index contributed by atoms with van der Waals surface area (Å²) in [6.07, 6.45) is -4.07. The van der Waals surface area contributed by atoms with Gasteiger partial charge in [0.15, 0.2) is 12.0 Å². The first-order chi connectivity index (χ1) is 15.3. The third kappa shape index (κ3) is 6.01. The molecule has 1 aromatic heterocycles. The molecule has 4 N–H and O–H groups in total. The fraction of sp³-hybridized carbons (Fsp3) is 0.737. The Labute approximate surface area is 184 Å². The number of ether oxygens (including phenoxy) is 5. The van der Waals surface area contributed by atoms with Crippen molar-refractivity contribution >= 4 is 11.8 Å². The zero-order valence-corrected chi connectivity index (χ0v) is 18.3. The Morgan fingerprint density at radius 1 is 1.22 bits per heavy atom. The highest BCUT2D eigenvalue weighted by Gasteiger charge is 2.46. The van der Waals surface area contributed by atoms with Crippen LogP contribution in [0, 0.1) is 5.41 Å². The summed E-state index contributed by atoms with van der Waals surface area (Å²) in [4.78, 5) is 28.6. The number of carbonyl (C=O) groups is 1. The van der Waals surface area contributed by atoms with Gasteiger partial charge in [0.1, 0.15) is 30.3 Å². The number of carbonyl (C=O) groups excluding carboxylic acids is 1. The molecule has 0 bridgehead atoms. The van der Waals surface area contributed by atoms with E-state index in [9.17, 15) is 19.8 Å². The highest BCUT2D eigenvalue weighted by molar-refractivity contribution is 5.77. The summed E-state index contributed by atoms with van der Waals surface area (Å²) >= 11 is 0. The molecule has 0 unspecified atom stereocenters. The van der Waals surface area contributed by atoms with Crippen molar-refractivity contribution in [1.82, 2.24) is 9.55 Å². The smallest absolute Gasteiger partial charge is 0.351 e. The Balaban J connectivity index is 2.10. The van der Waals surface area contributed by atoms with Gasteiger partial charge in [-0.15, -0.1) is 0 Å². The molecule has 0 radical (unpaired) electrons. The second kappa shape index (κ2) is 12.2. The number of methoxy groups -OCH3 is 1. The molecule has 1 saturated heterocycles. The summed E-state index contributed by atoms with van der Waals surface area (Å²) in [5.74, 6) is -0.768. The first-order valence-electron chi connectivity index (χ1n) is 10.2. The zero-order chi connectivity index (χ0) is 23.7. The van der Waals surface area contributed by atoms with E-state index in [1.165, 1.54) is 19.4 Å². The van der Waals surface area contributed by atoms with E-state index in [4.69, 9.17) is 28.9 Å². The molecule has 13 nitrogen and oxygen atoms in total. The SMILES string of the molecule is CCOCC(COC)(COCC)C(=O)OC[C@H]1O[C@@H](n2ccc(NO)nc2=O)[C@H](O)[C@@H]1O. The maximum Gasteiger partial charge on any atom is 0.351 e. The molecule has 1 aliphatic rings. The summed E-state index contributed by atoms with van der Waals surface area (Å²) < 4.78 is 28.0. The first-order valence-corrected chi connectivity index (χ1v) is 10.2. The fourth-order valence-corrected chi connectivity index (χ4v) is 3.25. The van der Waals surface area contributed by atoms with E-state index >= 15 is 0 Å². The summed E-state index contributed by atoms with van der Waals surface area (Å²) in [7, 11) is 1.44. The molecule has 0 saturated carbocycles. The van der Waals surface area contributed by atoms with Crippen molar-refractivity contribution < 1.29 is 43.9 Å². The lowest BCUT2D eigenvalue weighted by molar-refractivity contribution is -0.175. The van der Waals surface area contributed by atoms with Crippen LogP contribution in [0.5, 0.6) is 0 Å².